The number of benzene rings is 1. The Balaban J connectivity index is 2.99. The molecule has 0 aliphatic heterocycles. The fourth-order valence-electron chi connectivity index (χ4n) is 1.05. The number of rotatable bonds is 0. The molecule has 1 aromatic heterocycles. The number of hydrogen-bond acceptors (Lipinski definition) is 1. The highest BCUT2D eigenvalue weighted by atomic mass is 16.3. The quantitative estimate of drug-likeness (QED) is 0.593. The van der Waals surface area contributed by atoms with E-state index in [1.54, 1.807) is 6.92 Å². The number of aromatic hydroxyl groups is 1. The molecule has 0 amide bonds. The van der Waals surface area contributed by atoms with E-state index in [1.807, 2.05) is 0 Å². The van der Waals surface area contributed by atoms with Gasteiger partial charge in [0.2, 0.25) is 0 Å². The van der Waals surface area contributed by atoms with Crippen molar-refractivity contribution < 1.29 is 9.22 Å². The van der Waals surface area contributed by atoms with E-state index in [0.717, 1.165) is 0 Å². The molecule has 0 fully saturated rings. The number of aromatic amines is 1. The third-order valence-corrected chi connectivity index (χ3v) is 1.50. The molecule has 2 heteroatoms. The van der Waals surface area contributed by atoms with E-state index in [0.29, 0.717) is 16.6 Å². The number of phenolic OH excluding ortho intramolecular Hbond substituents is 1. The normalized spacial score (nSPS) is 14.5. The van der Waals surface area contributed by atoms with Gasteiger partial charge < -0.3 is 10.1 Å². The lowest BCUT2D eigenvalue weighted by atomic mass is 10.2. The van der Waals surface area contributed by atoms with E-state index in [-0.39, 0.29) is 23.9 Å². The van der Waals surface area contributed by atoms with Crippen molar-refractivity contribution in [3.63, 3.8) is 0 Å². The van der Waals surface area contributed by atoms with Gasteiger partial charge in [-0.05, 0) is 31.1 Å². The molecule has 0 radical (unpaired) electrons. The van der Waals surface area contributed by atoms with E-state index in [4.69, 9.17) is 4.11 Å². The smallest absolute Gasteiger partial charge is 0.116 e. The van der Waals surface area contributed by atoms with Gasteiger partial charge in [-0.3, -0.25) is 0 Å². The van der Waals surface area contributed by atoms with Crippen molar-refractivity contribution in [3.8, 4) is 5.75 Å². The summed E-state index contributed by atoms with van der Waals surface area (Å²) in [6.45, 7) is 1.72. The number of nitrogens with one attached hydrogen (secondary N) is 1. The van der Waals surface area contributed by atoms with Crippen LogP contribution in [0.3, 0.4) is 0 Å². The topological polar surface area (TPSA) is 36.0 Å². The third kappa shape index (κ3) is 0.963. The van der Waals surface area contributed by atoms with Crippen molar-refractivity contribution in [3.05, 3.63) is 29.9 Å². The molecule has 0 saturated carbocycles. The minimum Gasteiger partial charge on any atom is -0.508 e. The first-order valence-corrected chi connectivity index (χ1v) is 3.30. The number of aryl methyl sites for hydroxylation is 1. The van der Waals surface area contributed by atoms with Crippen molar-refractivity contribution in [2.45, 2.75) is 6.92 Å². The van der Waals surface area contributed by atoms with Gasteiger partial charge in [-0.1, -0.05) is 0 Å². The van der Waals surface area contributed by atoms with E-state index in [2.05, 4.69) is 4.98 Å². The third-order valence-electron chi connectivity index (χ3n) is 1.50. The van der Waals surface area contributed by atoms with Crippen LogP contribution in [0.1, 0.15) is 9.81 Å². The molecule has 0 saturated heterocycles. The van der Waals surface area contributed by atoms with Crippen LogP contribution in [0.15, 0.2) is 24.2 Å². The number of fused-ring (bicyclic) bond motifs is 1. The first-order valence-electron chi connectivity index (χ1n) is 4.80. The highest BCUT2D eigenvalue weighted by molar-refractivity contribution is 5.81. The highest BCUT2D eigenvalue weighted by Gasteiger charge is 1.96. The summed E-state index contributed by atoms with van der Waals surface area (Å²) >= 11 is 0. The lowest BCUT2D eigenvalue weighted by Gasteiger charge is -1.89. The summed E-state index contributed by atoms with van der Waals surface area (Å²) in [5.41, 5.74) is 1.19. The van der Waals surface area contributed by atoms with Gasteiger partial charge in [0.1, 0.15) is 5.75 Å². The number of phenols is 1. The van der Waals surface area contributed by atoms with Gasteiger partial charge in [-0.15, -0.1) is 0 Å². The molecular formula is C9H9NO. The molecule has 0 aliphatic carbocycles. The number of hydrogen-bond donors (Lipinski definition) is 2. The van der Waals surface area contributed by atoms with Gasteiger partial charge in [0.25, 0.3) is 0 Å². The van der Waals surface area contributed by atoms with Crippen LogP contribution in [0, 0.1) is 6.92 Å². The summed E-state index contributed by atoms with van der Waals surface area (Å²) < 4.78 is 22.6. The van der Waals surface area contributed by atoms with Crippen LogP contribution in [0.5, 0.6) is 5.75 Å². The van der Waals surface area contributed by atoms with Crippen LogP contribution in [-0.4, -0.2) is 10.1 Å². The van der Waals surface area contributed by atoms with Gasteiger partial charge in [0.15, 0.2) is 0 Å². The average molecular weight is 150 g/mol. The molecule has 1 heterocycles. The predicted molar refractivity (Wildman–Crippen MR) is 44.7 cm³/mol. The van der Waals surface area contributed by atoms with Gasteiger partial charge in [-0.25, -0.2) is 0 Å². The second kappa shape index (κ2) is 2.02. The molecule has 0 unspecified atom stereocenters. The van der Waals surface area contributed by atoms with Crippen molar-refractivity contribution in [2.24, 2.45) is 0 Å². The molecular weight excluding hydrogens is 138 g/mol. The molecule has 0 aliphatic rings. The van der Waals surface area contributed by atoms with Gasteiger partial charge in [-0.2, -0.15) is 0 Å². The summed E-state index contributed by atoms with van der Waals surface area (Å²) in [5, 5.41) is 9.74. The standard InChI is InChI=1S/C9H9NO/c1-6-4-7-5-8(11)2-3-9(7)10-6/h2-5,10-11H,1H3/i2D,4D,5D. The Morgan fingerprint density at radius 3 is 3.18 bits per heavy atom. The van der Waals surface area contributed by atoms with Crippen LogP contribution >= 0.6 is 0 Å². The van der Waals surface area contributed by atoms with E-state index < -0.39 is 0 Å². The largest absolute Gasteiger partial charge is 0.508 e. The first-order chi connectivity index (χ1) is 6.52. The molecule has 2 aromatic rings. The lowest BCUT2D eigenvalue weighted by Crippen LogP contribution is -1.67. The average Bonchev–Trinajstić information content (AvgIpc) is 2.39. The fraction of sp³-hybridized carbons (Fsp3) is 0.111. The van der Waals surface area contributed by atoms with Crippen LogP contribution in [0.2, 0.25) is 0 Å². The molecule has 56 valence electrons. The highest BCUT2D eigenvalue weighted by Crippen LogP contribution is 2.19. The Kier molecular flexibility index (Phi) is 0.700. The monoisotopic (exact) mass is 150 g/mol. The summed E-state index contributed by atoms with van der Waals surface area (Å²) in [4.78, 5) is 2.90. The second-order valence-electron chi connectivity index (χ2n) is 2.43. The molecule has 1 aromatic carbocycles. The Labute approximate surface area is 68.7 Å². The Morgan fingerprint density at radius 2 is 2.36 bits per heavy atom. The molecule has 11 heavy (non-hydrogen) atoms. The van der Waals surface area contributed by atoms with Crippen LogP contribution < -0.4 is 0 Å². The summed E-state index contributed by atoms with van der Waals surface area (Å²) in [6, 6.07) is 1.39. The molecule has 0 bridgehead atoms. The minimum absolute atomic E-state index is 0.0937. The van der Waals surface area contributed by atoms with Crippen LogP contribution in [0.4, 0.5) is 0 Å². The molecule has 0 atom stereocenters. The minimum atomic E-state index is -0.370. The number of aromatic nitrogens is 1. The Hall–Kier alpha value is -1.44. The SMILES string of the molecule is [2H]c1cc2[nH]c(C)c([2H])c2c([2H])c1O. The maximum Gasteiger partial charge on any atom is 0.116 e. The summed E-state index contributed by atoms with van der Waals surface area (Å²) in [7, 11) is 0. The molecule has 0 spiro atoms. The Morgan fingerprint density at radius 1 is 1.55 bits per heavy atom. The van der Waals surface area contributed by atoms with Crippen molar-refractivity contribution in [1.82, 2.24) is 4.98 Å². The lowest BCUT2D eigenvalue weighted by molar-refractivity contribution is 0.476. The van der Waals surface area contributed by atoms with E-state index in [1.165, 1.54) is 6.07 Å². The number of H-pyrrole nitrogens is 1. The van der Waals surface area contributed by atoms with Crippen molar-refractivity contribution >= 4 is 10.9 Å². The maximum absolute atomic E-state index is 9.37. The summed E-state index contributed by atoms with van der Waals surface area (Å²) in [6.07, 6.45) is 0. The molecule has 2 rings (SSSR count). The van der Waals surface area contributed by atoms with Crippen LogP contribution in [0.25, 0.3) is 10.9 Å². The van der Waals surface area contributed by atoms with E-state index >= 15 is 0 Å². The van der Waals surface area contributed by atoms with Gasteiger partial charge >= 0.3 is 0 Å². The van der Waals surface area contributed by atoms with E-state index in [9.17, 15) is 5.11 Å². The van der Waals surface area contributed by atoms with Crippen LogP contribution in [-0.2, 0) is 0 Å². The zero-order valence-corrected chi connectivity index (χ0v) is 6.02. The maximum atomic E-state index is 9.37. The molecule has 2 nitrogen and oxygen atoms in total. The predicted octanol–water partition coefficient (Wildman–Crippen LogP) is 2.18. The van der Waals surface area contributed by atoms with Gasteiger partial charge in [0, 0.05) is 16.6 Å². The van der Waals surface area contributed by atoms with Gasteiger partial charge in [0.05, 0.1) is 4.11 Å². The van der Waals surface area contributed by atoms with Crippen molar-refractivity contribution in [2.75, 3.05) is 0 Å². The second-order valence-corrected chi connectivity index (χ2v) is 2.43. The molecule has 2 N–H and O–H groups in total. The van der Waals surface area contributed by atoms with Crippen molar-refractivity contribution in [1.29, 1.82) is 0 Å². The zero-order chi connectivity index (χ0) is 10.5. The first kappa shape index (κ1) is 3.81. The summed E-state index contributed by atoms with van der Waals surface area (Å²) in [5.74, 6) is -0.370. The Bertz CT molecular complexity index is 518. The fourth-order valence-corrected chi connectivity index (χ4v) is 1.05. The zero-order valence-electron chi connectivity index (χ0n) is 9.02.